The molecule has 1 saturated heterocycles. The van der Waals surface area contributed by atoms with Gasteiger partial charge in [-0.15, -0.1) is 0 Å². The van der Waals surface area contributed by atoms with Crippen molar-refractivity contribution in [2.45, 2.75) is 39.0 Å². The number of carbonyl (C=O) groups is 1. The van der Waals surface area contributed by atoms with E-state index < -0.39 is 10.0 Å². The summed E-state index contributed by atoms with van der Waals surface area (Å²) in [6, 6.07) is 6.70. The largest absolute Gasteiger partial charge is 0.497 e. The number of ether oxygens (including phenoxy) is 1. The van der Waals surface area contributed by atoms with Crippen LogP contribution in [0.4, 0.5) is 5.69 Å². The number of amides is 1. The van der Waals surface area contributed by atoms with E-state index in [2.05, 4.69) is 18.9 Å². The van der Waals surface area contributed by atoms with Gasteiger partial charge in [0, 0.05) is 20.1 Å². The second-order valence-corrected chi connectivity index (χ2v) is 10.4. The fourth-order valence-electron chi connectivity index (χ4n) is 4.39. The van der Waals surface area contributed by atoms with Crippen LogP contribution in [0.2, 0.25) is 0 Å². The van der Waals surface area contributed by atoms with Gasteiger partial charge in [0.1, 0.15) is 17.2 Å². The first-order chi connectivity index (χ1) is 14.5. The van der Waals surface area contributed by atoms with Crippen LogP contribution in [0.1, 0.15) is 31.7 Å². The zero-order valence-electron chi connectivity index (χ0n) is 19.1. The van der Waals surface area contributed by atoms with E-state index in [0.717, 1.165) is 6.42 Å². The number of sulfonamides is 1. The third-order valence-electron chi connectivity index (χ3n) is 5.85. The number of aryl methyl sites for hydroxylation is 2. The molecule has 0 bridgehead atoms. The lowest BCUT2D eigenvalue weighted by Crippen LogP contribution is -2.48. The van der Waals surface area contributed by atoms with Crippen molar-refractivity contribution in [2.75, 3.05) is 31.0 Å². The summed E-state index contributed by atoms with van der Waals surface area (Å²) in [5, 5.41) is 4.26. The maximum absolute atomic E-state index is 13.8. The lowest BCUT2D eigenvalue weighted by atomic mass is 9.92. The van der Waals surface area contributed by atoms with Gasteiger partial charge in [-0.05, 0) is 56.4 Å². The normalized spacial score (nSPS) is 19.4. The number of nitrogens with zero attached hydrogens (tertiary/aromatic N) is 4. The average Bonchev–Trinajstić information content (AvgIpc) is 2.97. The predicted molar refractivity (Wildman–Crippen MR) is 120 cm³/mol. The molecule has 0 radical (unpaired) electrons. The Morgan fingerprint density at radius 1 is 1.16 bits per heavy atom. The first-order valence-electron chi connectivity index (χ1n) is 10.5. The summed E-state index contributed by atoms with van der Waals surface area (Å²) in [5.74, 6) is 1.19. The van der Waals surface area contributed by atoms with Crippen molar-refractivity contribution < 1.29 is 17.9 Å². The van der Waals surface area contributed by atoms with Gasteiger partial charge < -0.3 is 9.64 Å². The van der Waals surface area contributed by atoms with E-state index in [1.807, 2.05) is 0 Å². The molecule has 0 N–H and O–H groups in total. The molecule has 3 rings (SSSR count). The summed E-state index contributed by atoms with van der Waals surface area (Å²) in [6.45, 7) is 8.65. The van der Waals surface area contributed by atoms with E-state index in [0.29, 0.717) is 47.8 Å². The highest BCUT2D eigenvalue weighted by Gasteiger charge is 2.34. The molecule has 31 heavy (non-hydrogen) atoms. The molecule has 0 spiro atoms. The van der Waals surface area contributed by atoms with Gasteiger partial charge in [0.25, 0.3) is 10.0 Å². The molecule has 1 aromatic carbocycles. The quantitative estimate of drug-likeness (QED) is 0.678. The fourth-order valence-corrected chi connectivity index (χ4v) is 6.21. The molecule has 8 nitrogen and oxygen atoms in total. The van der Waals surface area contributed by atoms with Crippen LogP contribution in [0.15, 0.2) is 29.2 Å². The summed E-state index contributed by atoms with van der Waals surface area (Å²) in [5.41, 5.74) is 1.35. The van der Waals surface area contributed by atoms with Crippen molar-refractivity contribution in [2.24, 2.45) is 18.9 Å². The molecule has 2 heterocycles. The first kappa shape index (κ1) is 23.1. The van der Waals surface area contributed by atoms with Gasteiger partial charge in [-0.2, -0.15) is 5.10 Å². The van der Waals surface area contributed by atoms with Gasteiger partial charge >= 0.3 is 0 Å². The molecular weight excluding hydrogens is 416 g/mol. The second kappa shape index (κ2) is 8.90. The van der Waals surface area contributed by atoms with Crippen LogP contribution < -0.4 is 9.04 Å². The lowest BCUT2D eigenvalue weighted by molar-refractivity contribution is -0.132. The molecule has 1 fully saturated rings. The fraction of sp³-hybridized carbons (Fsp3) is 0.545. The standard InChI is InChI=1S/C22H32N4O4S/c1-15-11-16(2)13-25(12-15)21(27)14-26(19-7-9-20(30-6)10-8-19)31(28,29)22-17(3)23-24(5)18(22)4/h7-10,15-16H,11-14H2,1-6H3. The van der Waals surface area contributed by atoms with Gasteiger partial charge in [-0.25, -0.2) is 8.42 Å². The van der Waals surface area contributed by atoms with Gasteiger partial charge in [-0.1, -0.05) is 13.8 Å². The Kier molecular flexibility index (Phi) is 6.64. The maximum Gasteiger partial charge on any atom is 0.268 e. The number of methoxy groups -OCH3 is 1. The monoisotopic (exact) mass is 448 g/mol. The van der Waals surface area contributed by atoms with E-state index in [1.54, 1.807) is 61.9 Å². The first-order valence-corrected chi connectivity index (χ1v) is 11.9. The van der Waals surface area contributed by atoms with Crippen molar-refractivity contribution in [3.05, 3.63) is 35.7 Å². The van der Waals surface area contributed by atoms with Crippen LogP contribution in [-0.2, 0) is 21.9 Å². The molecule has 1 aliphatic heterocycles. The SMILES string of the molecule is COc1ccc(N(CC(=O)N2CC(C)CC(C)C2)S(=O)(=O)c2c(C)nn(C)c2C)cc1. The van der Waals surface area contributed by atoms with Crippen LogP contribution >= 0.6 is 0 Å². The van der Waals surface area contributed by atoms with E-state index >= 15 is 0 Å². The van der Waals surface area contributed by atoms with Gasteiger partial charge in [0.05, 0.1) is 24.2 Å². The number of anilines is 1. The van der Waals surface area contributed by atoms with E-state index in [-0.39, 0.29) is 17.3 Å². The number of rotatable bonds is 6. The Hall–Kier alpha value is -2.55. The van der Waals surface area contributed by atoms with E-state index in [1.165, 1.54) is 4.31 Å². The molecule has 1 aliphatic rings. The average molecular weight is 449 g/mol. The zero-order chi connectivity index (χ0) is 22.9. The Morgan fingerprint density at radius 2 is 1.74 bits per heavy atom. The minimum absolute atomic E-state index is 0.138. The number of hydrogen-bond acceptors (Lipinski definition) is 5. The van der Waals surface area contributed by atoms with Gasteiger partial charge in [-0.3, -0.25) is 13.8 Å². The van der Waals surface area contributed by atoms with Crippen LogP contribution in [0.25, 0.3) is 0 Å². The summed E-state index contributed by atoms with van der Waals surface area (Å²) >= 11 is 0. The molecule has 2 unspecified atom stereocenters. The Balaban J connectivity index is 2.01. The number of hydrogen-bond donors (Lipinski definition) is 0. The molecule has 9 heteroatoms. The predicted octanol–water partition coefficient (Wildman–Crippen LogP) is 2.75. The summed E-state index contributed by atoms with van der Waals surface area (Å²) in [4.78, 5) is 15.1. The van der Waals surface area contributed by atoms with Crippen molar-refractivity contribution in [1.82, 2.24) is 14.7 Å². The molecule has 170 valence electrons. The number of benzene rings is 1. The summed E-state index contributed by atoms with van der Waals surface area (Å²) in [6.07, 6.45) is 1.07. The minimum Gasteiger partial charge on any atom is -0.497 e. The molecule has 0 aliphatic carbocycles. The van der Waals surface area contributed by atoms with Crippen molar-refractivity contribution in [1.29, 1.82) is 0 Å². The minimum atomic E-state index is -4.01. The van der Waals surface area contributed by atoms with E-state index in [4.69, 9.17) is 4.74 Å². The molecule has 2 atom stereocenters. The highest BCUT2D eigenvalue weighted by molar-refractivity contribution is 7.93. The Bertz CT molecular complexity index is 1040. The van der Waals surface area contributed by atoms with Crippen LogP contribution in [0, 0.1) is 25.7 Å². The molecule has 0 saturated carbocycles. The zero-order valence-corrected chi connectivity index (χ0v) is 19.9. The van der Waals surface area contributed by atoms with Crippen molar-refractivity contribution in [3.63, 3.8) is 0 Å². The number of carbonyl (C=O) groups excluding carboxylic acids is 1. The van der Waals surface area contributed by atoms with Crippen molar-refractivity contribution in [3.8, 4) is 5.75 Å². The maximum atomic E-state index is 13.8. The topological polar surface area (TPSA) is 84.7 Å². The lowest BCUT2D eigenvalue weighted by Gasteiger charge is -2.36. The van der Waals surface area contributed by atoms with Crippen molar-refractivity contribution >= 4 is 21.6 Å². The van der Waals surface area contributed by atoms with Gasteiger partial charge in [0.15, 0.2) is 0 Å². The highest BCUT2D eigenvalue weighted by atomic mass is 32.2. The third-order valence-corrected chi connectivity index (χ3v) is 7.88. The van der Waals surface area contributed by atoms with E-state index in [9.17, 15) is 13.2 Å². The number of piperidine rings is 1. The van der Waals surface area contributed by atoms with Gasteiger partial charge in [0.2, 0.25) is 5.91 Å². The van der Waals surface area contributed by atoms with Crippen LogP contribution in [-0.4, -0.2) is 55.7 Å². The third kappa shape index (κ3) is 4.71. The number of aromatic nitrogens is 2. The van der Waals surface area contributed by atoms with Crippen LogP contribution in [0.5, 0.6) is 5.75 Å². The number of likely N-dealkylation sites (tertiary alicyclic amines) is 1. The molecule has 1 aromatic heterocycles. The Labute approximate surface area is 184 Å². The van der Waals surface area contributed by atoms with Crippen LogP contribution in [0.3, 0.4) is 0 Å². The highest BCUT2D eigenvalue weighted by Crippen LogP contribution is 2.30. The summed E-state index contributed by atoms with van der Waals surface area (Å²) in [7, 11) is -0.755. The Morgan fingerprint density at radius 3 is 2.23 bits per heavy atom. The molecular formula is C22H32N4O4S. The smallest absolute Gasteiger partial charge is 0.268 e. The second-order valence-electron chi connectivity index (χ2n) is 8.58. The summed E-state index contributed by atoms with van der Waals surface area (Å²) < 4.78 is 35.5. The molecule has 1 amide bonds. The molecule has 2 aromatic rings.